The van der Waals surface area contributed by atoms with Gasteiger partial charge in [-0.05, 0) is 50.4 Å². The molecule has 1 aliphatic rings. The second-order valence-electron chi connectivity index (χ2n) is 6.51. The topological polar surface area (TPSA) is 86.6 Å². The number of aromatic nitrogens is 3. The summed E-state index contributed by atoms with van der Waals surface area (Å²) in [5.74, 6) is 1.08. The molecule has 3 aromatic heterocycles. The standard InChI is InChI=1S/C19H21N5O/c1-2-16(12-5-8-21-9-6-12)25-18-14(10-20)23-11-15-17(18)13-4-3-7-22-19(13)24-15/h3-4,7,11-12,16,21H,2,5-6,8-9H2,1H3,(H,22,24). The molecule has 0 aromatic carbocycles. The smallest absolute Gasteiger partial charge is 0.183 e. The van der Waals surface area contributed by atoms with Crippen LogP contribution in [0.5, 0.6) is 5.75 Å². The minimum Gasteiger partial charge on any atom is -0.486 e. The van der Waals surface area contributed by atoms with E-state index in [0.717, 1.165) is 54.3 Å². The van der Waals surface area contributed by atoms with E-state index < -0.39 is 0 Å². The second kappa shape index (κ2) is 6.69. The molecule has 6 heteroatoms. The van der Waals surface area contributed by atoms with Crippen molar-refractivity contribution >= 4 is 21.9 Å². The van der Waals surface area contributed by atoms with Crippen LogP contribution in [0.2, 0.25) is 0 Å². The molecule has 1 atom stereocenters. The molecule has 1 aliphatic heterocycles. The first-order valence-electron chi connectivity index (χ1n) is 8.84. The molecule has 128 valence electrons. The Morgan fingerprint density at radius 3 is 2.96 bits per heavy atom. The van der Waals surface area contributed by atoms with Gasteiger partial charge in [0.15, 0.2) is 11.4 Å². The summed E-state index contributed by atoms with van der Waals surface area (Å²) in [6.45, 7) is 4.19. The van der Waals surface area contributed by atoms with Gasteiger partial charge in [-0.25, -0.2) is 9.97 Å². The average Bonchev–Trinajstić information content (AvgIpc) is 3.05. The zero-order valence-electron chi connectivity index (χ0n) is 14.2. The molecule has 0 aliphatic carbocycles. The predicted octanol–water partition coefficient (Wildman–Crippen LogP) is 3.14. The quantitative estimate of drug-likeness (QED) is 0.765. The Morgan fingerprint density at radius 1 is 1.36 bits per heavy atom. The number of nitrogens with zero attached hydrogens (tertiary/aromatic N) is 3. The molecule has 2 N–H and O–H groups in total. The molecule has 1 saturated heterocycles. The Kier molecular flexibility index (Phi) is 4.24. The Labute approximate surface area is 146 Å². The van der Waals surface area contributed by atoms with Gasteiger partial charge in [-0.15, -0.1) is 0 Å². The first-order chi connectivity index (χ1) is 12.3. The third kappa shape index (κ3) is 2.81. The van der Waals surface area contributed by atoms with Gasteiger partial charge in [-0.3, -0.25) is 0 Å². The van der Waals surface area contributed by atoms with Gasteiger partial charge in [-0.1, -0.05) is 6.92 Å². The molecule has 4 rings (SSSR count). The minimum absolute atomic E-state index is 0.0863. The summed E-state index contributed by atoms with van der Waals surface area (Å²) in [6, 6.07) is 6.09. The highest BCUT2D eigenvalue weighted by atomic mass is 16.5. The van der Waals surface area contributed by atoms with Crippen LogP contribution in [0.4, 0.5) is 0 Å². The van der Waals surface area contributed by atoms with Crippen molar-refractivity contribution in [3.63, 3.8) is 0 Å². The highest BCUT2D eigenvalue weighted by Crippen LogP contribution is 2.36. The second-order valence-corrected chi connectivity index (χ2v) is 6.51. The number of rotatable bonds is 4. The fourth-order valence-electron chi connectivity index (χ4n) is 3.76. The molecule has 0 bridgehead atoms. The van der Waals surface area contributed by atoms with E-state index in [4.69, 9.17) is 4.74 Å². The SMILES string of the molecule is CCC(Oc1c(C#N)ncc2[nH]c3ncccc3c12)C1CCNCC1. The Balaban J connectivity index is 1.82. The lowest BCUT2D eigenvalue weighted by molar-refractivity contribution is 0.109. The van der Waals surface area contributed by atoms with Crippen molar-refractivity contribution < 1.29 is 4.74 Å². The van der Waals surface area contributed by atoms with Gasteiger partial charge in [0.25, 0.3) is 0 Å². The molecule has 0 saturated carbocycles. The van der Waals surface area contributed by atoms with E-state index in [1.54, 1.807) is 12.4 Å². The van der Waals surface area contributed by atoms with Crippen molar-refractivity contribution in [1.82, 2.24) is 20.3 Å². The van der Waals surface area contributed by atoms with Crippen molar-refractivity contribution in [3.05, 3.63) is 30.2 Å². The zero-order valence-corrected chi connectivity index (χ0v) is 14.2. The van der Waals surface area contributed by atoms with Crippen LogP contribution in [0.3, 0.4) is 0 Å². The Morgan fingerprint density at radius 2 is 2.20 bits per heavy atom. The number of nitrogens with one attached hydrogen (secondary N) is 2. The van der Waals surface area contributed by atoms with Crippen LogP contribution in [0.1, 0.15) is 31.9 Å². The number of pyridine rings is 2. The number of nitriles is 1. The molecular formula is C19H21N5O. The summed E-state index contributed by atoms with van der Waals surface area (Å²) in [6.07, 6.45) is 6.63. The number of hydrogen-bond donors (Lipinski definition) is 2. The number of piperidine rings is 1. The number of aromatic amines is 1. The summed E-state index contributed by atoms with van der Waals surface area (Å²) < 4.78 is 6.44. The van der Waals surface area contributed by atoms with Gasteiger partial charge < -0.3 is 15.0 Å². The van der Waals surface area contributed by atoms with Crippen LogP contribution in [0.25, 0.3) is 21.9 Å². The molecule has 3 aromatic rings. The highest BCUT2D eigenvalue weighted by molar-refractivity contribution is 6.09. The first kappa shape index (κ1) is 15.9. The molecule has 0 radical (unpaired) electrons. The van der Waals surface area contributed by atoms with Crippen LogP contribution in [0, 0.1) is 17.2 Å². The molecular weight excluding hydrogens is 314 g/mol. The van der Waals surface area contributed by atoms with Gasteiger partial charge in [0.05, 0.1) is 17.1 Å². The van der Waals surface area contributed by atoms with Gasteiger partial charge >= 0.3 is 0 Å². The van der Waals surface area contributed by atoms with Crippen LogP contribution >= 0.6 is 0 Å². The molecule has 1 fully saturated rings. The Bertz CT molecular complexity index is 936. The minimum atomic E-state index is 0.0863. The maximum Gasteiger partial charge on any atom is 0.183 e. The third-order valence-corrected chi connectivity index (χ3v) is 5.05. The van der Waals surface area contributed by atoms with Crippen LogP contribution in [-0.2, 0) is 0 Å². The number of fused-ring (bicyclic) bond motifs is 3. The molecule has 1 unspecified atom stereocenters. The summed E-state index contributed by atoms with van der Waals surface area (Å²) in [7, 11) is 0. The number of H-pyrrole nitrogens is 1. The monoisotopic (exact) mass is 335 g/mol. The Hall–Kier alpha value is -2.65. The fourth-order valence-corrected chi connectivity index (χ4v) is 3.76. The highest BCUT2D eigenvalue weighted by Gasteiger charge is 2.26. The molecule has 6 nitrogen and oxygen atoms in total. The van der Waals surface area contributed by atoms with Crippen LogP contribution in [0.15, 0.2) is 24.5 Å². The lowest BCUT2D eigenvalue weighted by Crippen LogP contribution is -2.36. The van der Waals surface area contributed by atoms with Crippen molar-refractivity contribution in [2.75, 3.05) is 13.1 Å². The van der Waals surface area contributed by atoms with Crippen molar-refractivity contribution in [2.45, 2.75) is 32.3 Å². The lowest BCUT2D eigenvalue weighted by Gasteiger charge is -2.30. The zero-order chi connectivity index (χ0) is 17.2. The molecule has 4 heterocycles. The third-order valence-electron chi connectivity index (χ3n) is 5.05. The fraction of sp³-hybridized carbons (Fsp3) is 0.421. The maximum atomic E-state index is 9.56. The van der Waals surface area contributed by atoms with Crippen molar-refractivity contribution in [3.8, 4) is 11.8 Å². The normalized spacial score (nSPS) is 16.8. The van der Waals surface area contributed by atoms with Crippen LogP contribution < -0.4 is 10.1 Å². The van der Waals surface area contributed by atoms with Crippen LogP contribution in [-0.4, -0.2) is 34.1 Å². The van der Waals surface area contributed by atoms with Gasteiger partial charge in [0, 0.05) is 11.6 Å². The first-order valence-corrected chi connectivity index (χ1v) is 8.84. The summed E-state index contributed by atoms with van der Waals surface area (Å²) in [4.78, 5) is 11.9. The van der Waals surface area contributed by atoms with E-state index in [1.165, 1.54) is 0 Å². The lowest BCUT2D eigenvalue weighted by atomic mass is 9.90. The van der Waals surface area contributed by atoms with E-state index in [9.17, 15) is 5.26 Å². The van der Waals surface area contributed by atoms with Crippen molar-refractivity contribution in [1.29, 1.82) is 5.26 Å². The largest absolute Gasteiger partial charge is 0.486 e. The van der Waals surface area contributed by atoms with Gasteiger partial charge in [0.2, 0.25) is 0 Å². The van der Waals surface area contributed by atoms with Gasteiger partial charge in [0.1, 0.15) is 17.8 Å². The average molecular weight is 335 g/mol. The van der Waals surface area contributed by atoms with E-state index in [2.05, 4.69) is 33.3 Å². The van der Waals surface area contributed by atoms with E-state index in [1.807, 2.05) is 12.1 Å². The number of ether oxygens (including phenoxy) is 1. The maximum absolute atomic E-state index is 9.56. The summed E-state index contributed by atoms with van der Waals surface area (Å²) in [5.41, 5.74) is 1.97. The molecule has 25 heavy (non-hydrogen) atoms. The van der Waals surface area contributed by atoms with E-state index >= 15 is 0 Å². The summed E-state index contributed by atoms with van der Waals surface area (Å²) >= 11 is 0. The number of hydrogen-bond acceptors (Lipinski definition) is 5. The van der Waals surface area contributed by atoms with Crippen molar-refractivity contribution in [2.24, 2.45) is 5.92 Å². The summed E-state index contributed by atoms with van der Waals surface area (Å²) in [5, 5.41) is 14.8. The van der Waals surface area contributed by atoms with Gasteiger partial charge in [-0.2, -0.15) is 5.26 Å². The van der Waals surface area contributed by atoms with E-state index in [0.29, 0.717) is 17.4 Å². The predicted molar refractivity (Wildman–Crippen MR) is 96.4 cm³/mol. The molecule has 0 amide bonds. The molecule has 0 spiro atoms. The van der Waals surface area contributed by atoms with E-state index in [-0.39, 0.29) is 6.10 Å².